The summed E-state index contributed by atoms with van der Waals surface area (Å²) in [5.74, 6) is -0.654. The van der Waals surface area contributed by atoms with Crippen LogP contribution in [0, 0.1) is 25.1 Å². The number of hydrogen-bond donors (Lipinski definition) is 0. The number of aryl methyl sites for hydroxylation is 2. The van der Waals surface area contributed by atoms with Crippen LogP contribution >= 0.6 is 0 Å². The molecule has 2 heterocycles. The molecule has 1 aromatic heterocycles. The molecule has 2 aromatic carbocycles. The summed E-state index contributed by atoms with van der Waals surface area (Å²) in [6.07, 6.45) is 1.18. The van der Waals surface area contributed by atoms with Gasteiger partial charge < -0.3 is 19.1 Å². The van der Waals surface area contributed by atoms with Gasteiger partial charge in [-0.25, -0.2) is 9.18 Å². The van der Waals surface area contributed by atoms with Crippen molar-refractivity contribution in [3.05, 3.63) is 82.4 Å². The number of ether oxygens (including phenoxy) is 3. The van der Waals surface area contributed by atoms with Gasteiger partial charge in [-0.15, -0.1) is 0 Å². The second-order valence-corrected chi connectivity index (χ2v) is 13.2. The molecule has 4 rings (SSSR count). The largest absolute Gasteiger partial charge is 0.464 e. The van der Waals surface area contributed by atoms with E-state index in [2.05, 4.69) is 43.0 Å². The molecule has 0 spiro atoms. The normalized spacial score (nSPS) is 15.8. The third kappa shape index (κ3) is 8.42. The van der Waals surface area contributed by atoms with Crippen LogP contribution in [0.25, 0.3) is 11.1 Å². The second-order valence-electron chi connectivity index (χ2n) is 13.2. The number of carbonyl (C=O) groups excluding carboxylic acids is 1. The Bertz CT molecular complexity index is 1380. The number of nitrogens with zero attached hydrogens (tertiary/aromatic N) is 2. The maximum absolute atomic E-state index is 13.5. The number of rotatable bonds is 10. The van der Waals surface area contributed by atoms with Gasteiger partial charge in [0.05, 0.1) is 31.1 Å². The molecule has 43 heavy (non-hydrogen) atoms. The molecule has 0 bridgehead atoms. The lowest BCUT2D eigenvalue weighted by molar-refractivity contribution is -0.166. The molecule has 0 N–H and O–H groups in total. The van der Waals surface area contributed by atoms with E-state index in [4.69, 9.17) is 19.2 Å². The maximum atomic E-state index is 13.5. The summed E-state index contributed by atoms with van der Waals surface area (Å²) in [6, 6.07) is 14.7. The third-order valence-electron chi connectivity index (χ3n) is 7.94. The molecule has 0 saturated carbocycles. The van der Waals surface area contributed by atoms with Crippen LogP contribution in [0.1, 0.15) is 88.6 Å². The lowest BCUT2D eigenvalue weighted by Gasteiger charge is -2.41. The zero-order chi connectivity index (χ0) is 31.4. The van der Waals surface area contributed by atoms with E-state index >= 15 is 0 Å². The molecule has 1 aliphatic heterocycles. The second kappa shape index (κ2) is 13.6. The van der Waals surface area contributed by atoms with Crippen molar-refractivity contribution in [3.8, 4) is 11.1 Å². The number of pyridine rings is 1. The predicted molar refractivity (Wildman–Crippen MR) is 169 cm³/mol. The Hall–Kier alpha value is -3.29. The highest BCUT2D eigenvalue weighted by Crippen LogP contribution is 2.45. The molecule has 1 atom stereocenters. The number of esters is 1. The van der Waals surface area contributed by atoms with Crippen molar-refractivity contribution in [2.24, 2.45) is 5.41 Å². The molecule has 3 aromatic rings. The standard InChI is InChI=1S/C36H47FN2O4/c1-9-42-34(40)33(43-35(4,5)6)31-25(3)38-24(2)30(32(31)39-20-18-36(7,8)19-21-39)28-14-10-26(11-15-28)22-41-23-27-12-16-29(37)17-13-27/h10-17,33H,9,18-23H2,1-8H3/t33-/m0/s1. The Kier molecular flexibility index (Phi) is 10.3. The fraction of sp³-hybridized carbons (Fsp3) is 0.500. The molecule has 1 fully saturated rings. The van der Waals surface area contributed by atoms with Crippen LogP contribution in [0.5, 0.6) is 0 Å². The lowest BCUT2D eigenvalue weighted by atomic mass is 9.81. The quantitative estimate of drug-likeness (QED) is 0.222. The van der Waals surface area contributed by atoms with Crippen LogP contribution in [0.4, 0.5) is 10.1 Å². The highest BCUT2D eigenvalue weighted by atomic mass is 19.1. The number of piperidine rings is 1. The fourth-order valence-corrected chi connectivity index (χ4v) is 5.60. The third-order valence-corrected chi connectivity index (χ3v) is 7.94. The van der Waals surface area contributed by atoms with Gasteiger partial charge in [-0.05, 0) is 88.6 Å². The zero-order valence-corrected chi connectivity index (χ0v) is 27.1. The van der Waals surface area contributed by atoms with Gasteiger partial charge in [0.2, 0.25) is 0 Å². The highest BCUT2D eigenvalue weighted by Gasteiger charge is 2.37. The first-order chi connectivity index (χ1) is 20.3. The summed E-state index contributed by atoms with van der Waals surface area (Å²) >= 11 is 0. The van der Waals surface area contributed by atoms with E-state index in [9.17, 15) is 9.18 Å². The van der Waals surface area contributed by atoms with E-state index in [1.165, 1.54) is 12.1 Å². The van der Waals surface area contributed by atoms with Crippen LogP contribution in [-0.2, 0) is 32.2 Å². The molecule has 1 aliphatic rings. The lowest BCUT2D eigenvalue weighted by Crippen LogP contribution is -2.39. The van der Waals surface area contributed by atoms with E-state index in [-0.39, 0.29) is 17.8 Å². The molecule has 232 valence electrons. The van der Waals surface area contributed by atoms with Crippen LogP contribution in [-0.4, -0.2) is 36.3 Å². The number of benzene rings is 2. The SMILES string of the molecule is CCOC(=O)[C@@H](OC(C)(C)C)c1c(C)nc(C)c(-c2ccc(COCc3ccc(F)cc3)cc2)c1N1CCC(C)(C)CC1. The maximum Gasteiger partial charge on any atom is 0.340 e. The predicted octanol–water partition coefficient (Wildman–Crippen LogP) is 8.27. The summed E-state index contributed by atoms with van der Waals surface area (Å²) in [6.45, 7) is 19.2. The van der Waals surface area contributed by atoms with Gasteiger partial charge in [-0.2, -0.15) is 0 Å². The highest BCUT2D eigenvalue weighted by molar-refractivity contribution is 5.88. The zero-order valence-electron chi connectivity index (χ0n) is 27.1. The van der Waals surface area contributed by atoms with Crippen molar-refractivity contribution in [2.75, 3.05) is 24.6 Å². The van der Waals surface area contributed by atoms with Crippen molar-refractivity contribution >= 4 is 11.7 Å². The Morgan fingerprint density at radius 3 is 2.05 bits per heavy atom. The number of aromatic nitrogens is 1. The van der Waals surface area contributed by atoms with Crippen LogP contribution in [0.3, 0.4) is 0 Å². The van der Waals surface area contributed by atoms with E-state index in [0.29, 0.717) is 13.2 Å². The van der Waals surface area contributed by atoms with Crippen molar-refractivity contribution in [3.63, 3.8) is 0 Å². The topological polar surface area (TPSA) is 60.9 Å². The number of carbonyl (C=O) groups is 1. The van der Waals surface area contributed by atoms with Gasteiger partial charge in [0, 0.05) is 35.6 Å². The first kappa shape index (κ1) is 32.6. The number of anilines is 1. The average Bonchev–Trinajstić information content (AvgIpc) is 2.93. The van der Waals surface area contributed by atoms with E-state index in [0.717, 1.165) is 70.8 Å². The molecular weight excluding hydrogens is 543 g/mol. The molecule has 0 unspecified atom stereocenters. The summed E-state index contributed by atoms with van der Waals surface area (Å²) in [5, 5.41) is 0. The molecule has 0 amide bonds. The first-order valence-corrected chi connectivity index (χ1v) is 15.3. The Balaban J connectivity index is 1.74. The van der Waals surface area contributed by atoms with Crippen molar-refractivity contribution in [1.29, 1.82) is 0 Å². The van der Waals surface area contributed by atoms with E-state index < -0.39 is 17.7 Å². The fourth-order valence-electron chi connectivity index (χ4n) is 5.60. The molecule has 7 heteroatoms. The minimum Gasteiger partial charge on any atom is -0.464 e. The summed E-state index contributed by atoms with van der Waals surface area (Å²) in [4.78, 5) is 20.9. The summed E-state index contributed by atoms with van der Waals surface area (Å²) < 4.78 is 31.1. The van der Waals surface area contributed by atoms with Gasteiger partial charge in [-0.1, -0.05) is 50.2 Å². The van der Waals surface area contributed by atoms with Crippen LogP contribution in [0.15, 0.2) is 48.5 Å². The van der Waals surface area contributed by atoms with Gasteiger partial charge in [0.25, 0.3) is 0 Å². The molecule has 0 radical (unpaired) electrons. The summed E-state index contributed by atoms with van der Waals surface area (Å²) in [7, 11) is 0. The average molecular weight is 591 g/mol. The summed E-state index contributed by atoms with van der Waals surface area (Å²) in [5.41, 5.74) is 7.12. The van der Waals surface area contributed by atoms with Gasteiger partial charge in [-0.3, -0.25) is 4.98 Å². The minimum atomic E-state index is -0.907. The smallest absolute Gasteiger partial charge is 0.340 e. The first-order valence-electron chi connectivity index (χ1n) is 15.3. The molecule has 1 saturated heterocycles. The van der Waals surface area contributed by atoms with Crippen molar-refractivity contribution in [2.45, 2.75) is 93.2 Å². The molecule has 6 nitrogen and oxygen atoms in total. The Morgan fingerprint density at radius 1 is 0.953 bits per heavy atom. The van der Waals surface area contributed by atoms with E-state index in [1.54, 1.807) is 12.1 Å². The Morgan fingerprint density at radius 2 is 1.51 bits per heavy atom. The molecule has 0 aliphatic carbocycles. The molecular formula is C36H47FN2O4. The van der Waals surface area contributed by atoms with Gasteiger partial charge in [0.1, 0.15) is 5.82 Å². The van der Waals surface area contributed by atoms with Crippen molar-refractivity contribution in [1.82, 2.24) is 4.98 Å². The van der Waals surface area contributed by atoms with Gasteiger partial charge in [0.15, 0.2) is 6.10 Å². The van der Waals surface area contributed by atoms with Crippen LogP contribution in [0.2, 0.25) is 0 Å². The number of hydrogen-bond acceptors (Lipinski definition) is 6. The van der Waals surface area contributed by atoms with Crippen LogP contribution < -0.4 is 4.90 Å². The van der Waals surface area contributed by atoms with Crippen molar-refractivity contribution < 1.29 is 23.4 Å². The van der Waals surface area contributed by atoms with E-state index in [1.807, 2.05) is 41.5 Å². The van der Waals surface area contributed by atoms with Gasteiger partial charge >= 0.3 is 5.97 Å². The number of halogens is 1. The Labute approximate surface area is 256 Å². The monoisotopic (exact) mass is 590 g/mol. The minimum absolute atomic E-state index is 0.255.